The number of hydrogen-bond donors (Lipinski definition) is 1. The number of thiophene rings is 1. The highest BCUT2D eigenvalue weighted by molar-refractivity contribution is 7.12. The first-order valence-corrected chi connectivity index (χ1v) is 9.05. The molecule has 0 radical (unpaired) electrons. The molecule has 1 N–H and O–H groups in total. The molecule has 0 fully saturated rings. The maximum Gasteiger partial charge on any atom is 0.331 e. The summed E-state index contributed by atoms with van der Waals surface area (Å²) in [7, 11) is 1.51. The van der Waals surface area contributed by atoms with Crippen LogP contribution >= 0.6 is 11.3 Å². The molecule has 0 atom stereocenters. The summed E-state index contributed by atoms with van der Waals surface area (Å²) in [5.74, 6) is -0.897. The predicted molar refractivity (Wildman–Crippen MR) is 105 cm³/mol. The highest BCUT2D eigenvalue weighted by Crippen LogP contribution is 2.28. The van der Waals surface area contributed by atoms with Crippen molar-refractivity contribution in [3.05, 3.63) is 64.9 Å². The maximum absolute atomic E-state index is 11.8. The lowest BCUT2D eigenvalue weighted by Crippen LogP contribution is -2.33. The molecular weight excluding hydrogens is 382 g/mol. The van der Waals surface area contributed by atoms with Crippen LogP contribution < -0.4 is 14.8 Å². The van der Waals surface area contributed by atoms with Crippen molar-refractivity contribution in [1.29, 1.82) is 0 Å². The molecule has 2 rings (SSSR count). The van der Waals surface area contributed by atoms with E-state index in [0.717, 1.165) is 0 Å². The third-order valence-corrected chi connectivity index (χ3v) is 4.17. The van der Waals surface area contributed by atoms with Crippen molar-refractivity contribution in [3.63, 3.8) is 0 Å². The van der Waals surface area contributed by atoms with Crippen molar-refractivity contribution in [3.8, 4) is 11.5 Å². The number of carbonyl (C=O) groups excluding carboxylic acids is 3. The van der Waals surface area contributed by atoms with Gasteiger partial charge in [0.1, 0.15) is 6.61 Å². The third kappa shape index (κ3) is 6.40. The summed E-state index contributed by atoms with van der Waals surface area (Å²) in [6.45, 7) is 3.37. The normalized spacial score (nSPS) is 10.3. The van der Waals surface area contributed by atoms with Gasteiger partial charge in [0.15, 0.2) is 18.1 Å². The SMILES string of the molecule is C=CCOc1ccc(/C=C/C(=O)OCC(=O)NC(=O)c2cccs2)cc1OC. The Balaban J connectivity index is 1.85. The minimum Gasteiger partial charge on any atom is -0.493 e. The molecule has 7 nitrogen and oxygen atoms in total. The van der Waals surface area contributed by atoms with Crippen molar-refractivity contribution in [2.24, 2.45) is 0 Å². The fourth-order valence-electron chi connectivity index (χ4n) is 2.04. The zero-order valence-electron chi connectivity index (χ0n) is 15.2. The molecule has 2 aromatic rings. The van der Waals surface area contributed by atoms with Gasteiger partial charge in [0.2, 0.25) is 0 Å². The molecule has 146 valence electrons. The zero-order chi connectivity index (χ0) is 20.4. The number of esters is 1. The van der Waals surface area contributed by atoms with E-state index in [1.165, 1.54) is 30.6 Å². The predicted octanol–water partition coefficient (Wildman–Crippen LogP) is 2.83. The van der Waals surface area contributed by atoms with Crippen molar-refractivity contribution in [1.82, 2.24) is 5.32 Å². The van der Waals surface area contributed by atoms with Gasteiger partial charge in [-0.2, -0.15) is 0 Å². The Labute approximate surface area is 166 Å². The Morgan fingerprint density at radius 1 is 1.21 bits per heavy atom. The van der Waals surface area contributed by atoms with Gasteiger partial charge in [0.25, 0.3) is 11.8 Å². The molecule has 28 heavy (non-hydrogen) atoms. The monoisotopic (exact) mass is 401 g/mol. The number of carbonyl (C=O) groups is 3. The number of imide groups is 1. The van der Waals surface area contributed by atoms with Crippen LogP contribution in [0.3, 0.4) is 0 Å². The third-order valence-electron chi connectivity index (χ3n) is 3.30. The molecule has 8 heteroatoms. The molecule has 0 unspecified atom stereocenters. The fraction of sp³-hybridized carbons (Fsp3) is 0.150. The molecule has 0 aliphatic rings. The van der Waals surface area contributed by atoms with Gasteiger partial charge in [-0.05, 0) is 35.2 Å². The summed E-state index contributed by atoms with van der Waals surface area (Å²) >= 11 is 1.20. The van der Waals surface area contributed by atoms with Gasteiger partial charge in [-0.15, -0.1) is 11.3 Å². The lowest BCUT2D eigenvalue weighted by atomic mass is 10.2. The van der Waals surface area contributed by atoms with Crippen molar-refractivity contribution >= 4 is 35.2 Å². The van der Waals surface area contributed by atoms with Gasteiger partial charge in [-0.3, -0.25) is 14.9 Å². The van der Waals surface area contributed by atoms with E-state index in [4.69, 9.17) is 14.2 Å². The summed E-state index contributed by atoms with van der Waals surface area (Å²) in [6, 6.07) is 8.41. The summed E-state index contributed by atoms with van der Waals surface area (Å²) < 4.78 is 15.5. The summed E-state index contributed by atoms with van der Waals surface area (Å²) in [6.07, 6.45) is 4.30. The van der Waals surface area contributed by atoms with Crippen LogP contribution in [-0.4, -0.2) is 38.1 Å². The molecule has 1 aromatic heterocycles. The van der Waals surface area contributed by atoms with Crippen LogP contribution in [0.15, 0.2) is 54.4 Å². The Kier molecular flexibility index (Phi) is 7.98. The van der Waals surface area contributed by atoms with E-state index in [9.17, 15) is 14.4 Å². The van der Waals surface area contributed by atoms with E-state index in [2.05, 4.69) is 11.9 Å². The second-order valence-corrected chi connectivity index (χ2v) is 6.25. The molecule has 2 amide bonds. The minimum atomic E-state index is -0.718. The average Bonchev–Trinajstić information content (AvgIpc) is 3.24. The second-order valence-electron chi connectivity index (χ2n) is 5.31. The van der Waals surface area contributed by atoms with Gasteiger partial charge in [0.05, 0.1) is 12.0 Å². The van der Waals surface area contributed by atoms with Crippen LogP contribution in [0, 0.1) is 0 Å². The molecular formula is C20H19NO6S. The quantitative estimate of drug-likeness (QED) is 0.395. The van der Waals surface area contributed by atoms with Crippen LogP contribution in [-0.2, 0) is 14.3 Å². The number of amides is 2. The van der Waals surface area contributed by atoms with Gasteiger partial charge in [0, 0.05) is 6.08 Å². The average molecular weight is 401 g/mol. The highest BCUT2D eigenvalue weighted by Gasteiger charge is 2.12. The fourth-order valence-corrected chi connectivity index (χ4v) is 2.66. The largest absolute Gasteiger partial charge is 0.493 e. The molecule has 0 aliphatic carbocycles. The van der Waals surface area contributed by atoms with Crippen molar-refractivity contribution in [2.75, 3.05) is 20.3 Å². The van der Waals surface area contributed by atoms with Gasteiger partial charge >= 0.3 is 5.97 Å². The summed E-state index contributed by atoms with van der Waals surface area (Å²) in [5, 5.41) is 3.86. The molecule has 0 spiro atoms. The van der Waals surface area contributed by atoms with Crippen LogP contribution in [0.5, 0.6) is 11.5 Å². The second kappa shape index (κ2) is 10.7. The Hall–Kier alpha value is -3.39. The van der Waals surface area contributed by atoms with Crippen LogP contribution in [0.1, 0.15) is 15.2 Å². The van der Waals surface area contributed by atoms with Crippen molar-refractivity contribution < 1.29 is 28.6 Å². The first-order chi connectivity index (χ1) is 13.5. The lowest BCUT2D eigenvalue weighted by molar-refractivity contribution is -0.143. The van der Waals surface area contributed by atoms with Gasteiger partial charge in [-0.1, -0.05) is 24.8 Å². The number of ether oxygens (including phenoxy) is 3. The molecule has 0 aliphatic heterocycles. The first kappa shape index (κ1) is 20.9. The number of rotatable bonds is 9. The molecule has 0 saturated carbocycles. The van der Waals surface area contributed by atoms with Crippen molar-refractivity contribution in [2.45, 2.75) is 0 Å². The molecule has 1 heterocycles. The first-order valence-electron chi connectivity index (χ1n) is 8.17. The number of hydrogen-bond acceptors (Lipinski definition) is 7. The van der Waals surface area contributed by atoms with E-state index >= 15 is 0 Å². The van der Waals surface area contributed by atoms with E-state index in [1.54, 1.807) is 41.8 Å². The van der Waals surface area contributed by atoms with E-state index < -0.39 is 24.4 Å². The molecule has 0 bridgehead atoms. The Morgan fingerprint density at radius 2 is 2.04 bits per heavy atom. The van der Waals surface area contributed by atoms with Gasteiger partial charge < -0.3 is 14.2 Å². The number of benzene rings is 1. The van der Waals surface area contributed by atoms with Gasteiger partial charge in [-0.25, -0.2) is 4.79 Å². The number of nitrogens with one attached hydrogen (secondary N) is 1. The molecule has 0 saturated heterocycles. The maximum atomic E-state index is 11.8. The Morgan fingerprint density at radius 3 is 2.71 bits per heavy atom. The molecule has 1 aromatic carbocycles. The Bertz CT molecular complexity index is 873. The summed E-state index contributed by atoms with van der Waals surface area (Å²) in [4.78, 5) is 35.5. The van der Waals surface area contributed by atoms with E-state index in [0.29, 0.717) is 28.5 Å². The topological polar surface area (TPSA) is 90.9 Å². The van der Waals surface area contributed by atoms with Crippen LogP contribution in [0.4, 0.5) is 0 Å². The highest BCUT2D eigenvalue weighted by atomic mass is 32.1. The minimum absolute atomic E-state index is 0.342. The van der Waals surface area contributed by atoms with E-state index in [-0.39, 0.29) is 0 Å². The summed E-state index contributed by atoms with van der Waals surface area (Å²) in [5.41, 5.74) is 0.678. The van der Waals surface area contributed by atoms with Crippen LogP contribution in [0.25, 0.3) is 6.08 Å². The van der Waals surface area contributed by atoms with E-state index in [1.807, 2.05) is 0 Å². The number of methoxy groups -OCH3 is 1. The smallest absolute Gasteiger partial charge is 0.331 e. The van der Waals surface area contributed by atoms with Crippen LogP contribution in [0.2, 0.25) is 0 Å². The standard InChI is InChI=1S/C20H19NO6S/c1-3-10-26-15-8-6-14(12-16(15)25-2)7-9-19(23)27-13-18(22)21-20(24)17-5-4-11-28-17/h3-9,11-12H,1,10,13H2,2H3,(H,21,22,24)/b9-7+. The lowest BCUT2D eigenvalue weighted by Gasteiger charge is -2.09. The zero-order valence-corrected chi connectivity index (χ0v) is 16.0.